The van der Waals surface area contributed by atoms with Crippen molar-refractivity contribution in [2.75, 3.05) is 53.9 Å². The Kier molecular flexibility index (Phi) is 12.3. The fraction of sp³-hybridized carbons (Fsp3) is 1.00. The van der Waals surface area contributed by atoms with Crippen LogP contribution in [0, 0.1) is 0 Å². The molecule has 0 spiro atoms. The number of hydrogen-bond donors (Lipinski definition) is 1. The van der Waals surface area contributed by atoms with Gasteiger partial charge in [0.2, 0.25) is 0 Å². The SMILES string of the molecule is CCN(CCCCCCNC)CCCN(C)C. The van der Waals surface area contributed by atoms with Gasteiger partial charge in [-0.25, -0.2) is 0 Å². The first-order valence-corrected chi connectivity index (χ1v) is 7.22. The minimum atomic E-state index is 1.17. The molecule has 1 N–H and O–H groups in total. The van der Waals surface area contributed by atoms with E-state index in [1.54, 1.807) is 0 Å². The highest BCUT2D eigenvalue weighted by atomic mass is 15.1. The summed E-state index contributed by atoms with van der Waals surface area (Å²) in [5.74, 6) is 0. The minimum absolute atomic E-state index is 1.17. The molecule has 0 aliphatic heterocycles. The molecule has 0 radical (unpaired) electrons. The van der Waals surface area contributed by atoms with E-state index in [1.165, 1.54) is 64.8 Å². The lowest BCUT2D eigenvalue weighted by atomic mass is 10.2. The molecular formula is C14H33N3. The van der Waals surface area contributed by atoms with Gasteiger partial charge < -0.3 is 15.1 Å². The molecule has 0 aliphatic rings. The molecule has 0 atom stereocenters. The first-order chi connectivity index (χ1) is 8.20. The van der Waals surface area contributed by atoms with E-state index >= 15 is 0 Å². The fourth-order valence-corrected chi connectivity index (χ4v) is 2.03. The molecule has 0 saturated carbocycles. The van der Waals surface area contributed by atoms with Crippen molar-refractivity contribution in [1.82, 2.24) is 15.1 Å². The van der Waals surface area contributed by atoms with Gasteiger partial charge in [0.15, 0.2) is 0 Å². The van der Waals surface area contributed by atoms with Gasteiger partial charge in [-0.15, -0.1) is 0 Å². The van der Waals surface area contributed by atoms with Crippen LogP contribution in [-0.2, 0) is 0 Å². The van der Waals surface area contributed by atoms with Gasteiger partial charge in [-0.2, -0.15) is 0 Å². The van der Waals surface area contributed by atoms with E-state index in [1.807, 2.05) is 7.05 Å². The molecule has 0 rings (SSSR count). The van der Waals surface area contributed by atoms with Crippen molar-refractivity contribution in [1.29, 1.82) is 0 Å². The molecule has 0 fully saturated rings. The standard InChI is InChI=1S/C14H33N3/c1-5-17(14-10-12-16(3)4)13-9-7-6-8-11-15-2/h15H,5-14H2,1-4H3. The van der Waals surface area contributed by atoms with Gasteiger partial charge in [0.1, 0.15) is 0 Å². The second kappa shape index (κ2) is 12.3. The number of nitrogens with zero attached hydrogens (tertiary/aromatic N) is 2. The Labute approximate surface area is 109 Å². The Morgan fingerprint density at radius 3 is 2.06 bits per heavy atom. The van der Waals surface area contributed by atoms with Crippen LogP contribution in [0.2, 0.25) is 0 Å². The molecule has 0 aromatic heterocycles. The van der Waals surface area contributed by atoms with E-state index in [4.69, 9.17) is 0 Å². The molecular weight excluding hydrogens is 210 g/mol. The van der Waals surface area contributed by atoms with E-state index < -0.39 is 0 Å². The van der Waals surface area contributed by atoms with Crippen molar-refractivity contribution in [3.05, 3.63) is 0 Å². The summed E-state index contributed by atoms with van der Waals surface area (Å²) in [4.78, 5) is 4.85. The molecule has 17 heavy (non-hydrogen) atoms. The minimum Gasteiger partial charge on any atom is -0.320 e. The maximum Gasteiger partial charge on any atom is -0.000667 e. The molecule has 0 aromatic carbocycles. The van der Waals surface area contributed by atoms with Gasteiger partial charge in [0, 0.05) is 0 Å². The summed E-state index contributed by atoms with van der Waals surface area (Å²) in [6.45, 7) is 8.38. The maximum absolute atomic E-state index is 3.20. The van der Waals surface area contributed by atoms with Crippen LogP contribution in [0.5, 0.6) is 0 Å². The van der Waals surface area contributed by atoms with Crippen molar-refractivity contribution in [3.63, 3.8) is 0 Å². The average Bonchev–Trinajstić information content (AvgIpc) is 2.30. The Bertz CT molecular complexity index is 148. The zero-order valence-corrected chi connectivity index (χ0v) is 12.5. The Hall–Kier alpha value is -0.120. The highest BCUT2D eigenvalue weighted by molar-refractivity contribution is 4.58. The molecule has 0 saturated heterocycles. The third-order valence-corrected chi connectivity index (χ3v) is 3.18. The van der Waals surface area contributed by atoms with Crippen LogP contribution in [0.15, 0.2) is 0 Å². The molecule has 0 aromatic rings. The summed E-state index contributed by atoms with van der Waals surface area (Å²) in [7, 11) is 6.33. The summed E-state index contributed by atoms with van der Waals surface area (Å²) in [5, 5.41) is 3.20. The van der Waals surface area contributed by atoms with Crippen molar-refractivity contribution < 1.29 is 0 Å². The van der Waals surface area contributed by atoms with E-state index in [2.05, 4.69) is 36.1 Å². The highest BCUT2D eigenvalue weighted by Gasteiger charge is 2.02. The summed E-state index contributed by atoms with van der Waals surface area (Å²) >= 11 is 0. The largest absolute Gasteiger partial charge is 0.320 e. The van der Waals surface area contributed by atoms with Crippen LogP contribution >= 0.6 is 0 Å². The van der Waals surface area contributed by atoms with E-state index in [-0.39, 0.29) is 0 Å². The summed E-state index contributed by atoms with van der Waals surface area (Å²) in [5.41, 5.74) is 0. The molecule has 104 valence electrons. The lowest BCUT2D eigenvalue weighted by Crippen LogP contribution is -2.28. The zero-order chi connectivity index (χ0) is 12.9. The summed E-state index contributed by atoms with van der Waals surface area (Å²) in [6.07, 6.45) is 6.73. The number of nitrogens with one attached hydrogen (secondary N) is 1. The number of unbranched alkanes of at least 4 members (excludes halogenated alkanes) is 3. The van der Waals surface area contributed by atoms with Gasteiger partial charge in [0.25, 0.3) is 0 Å². The fourth-order valence-electron chi connectivity index (χ4n) is 2.03. The van der Waals surface area contributed by atoms with Gasteiger partial charge in [-0.05, 0) is 73.1 Å². The highest BCUT2D eigenvalue weighted by Crippen LogP contribution is 2.02. The molecule has 0 bridgehead atoms. The van der Waals surface area contributed by atoms with E-state index in [0.717, 1.165) is 0 Å². The molecule has 0 unspecified atom stereocenters. The van der Waals surface area contributed by atoms with E-state index in [9.17, 15) is 0 Å². The summed E-state index contributed by atoms with van der Waals surface area (Å²) < 4.78 is 0. The van der Waals surface area contributed by atoms with Crippen LogP contribution in [0.1, 0.15) is 39.0 Å². The van der Waals surface area contributed by atoms with E-state index in [0.29, 0.717) is 0 Å². The van der Waals surface area contributed by atoms with Crippen molar-refractivity contribution >= 4 is 0 Å². The first-order valence-electron chi connectivity index (χ1n) is 7.22. The molecule has 0 aliphatic carbocycles. The normalized spacial score (nSPS) is 11.6. The monoisotopic (exact) mass is 243 g/mol. The van der Waals surface area contributed by atoms with Crippen molar-refractivity contribution in [2.45, 2.75) is 39.0 Å². The van der Waals surface area contributed by atoms with Crippen molar-refractivity contribution in [2.24, 2.45) is 0 Å². The zero-order valence-electron chi connectivity index (χ0n) is 12.5. The predicted octanol–water partition coefficient (Wildman–Crippen LogP) is 2.04. The van der Waals surface area contributed by atoms with Crippen LogP contribution in [0.25, 0.3) is 0 Å². The Balaban J connectivity index is 3.35. The first kappa shape index (κ1) is 16.9. The van der Waals surface area contributed by atoms with Crippen LogP contribution in [0.4, 0.5) is 0 Å². The van der Waals surface area contributed by atoms with Gasteiger partial charge in [0.05, 0.1) is 0 Å². The average molecular weight is 243 g/mol. The Morgan fingerprint density at radius 2 is 1.47 bits per heavy atom. The second-order valence-corrected chi connectivity index (χ2v) is 5.11. The van der Waals surface area contributed by atoms with Crippen LogP contribution < -0.4 is 5.32 Å². The molecule has 0 amide bonds. The molecule has 3 nitrogen and oxygen atoms in total. The second-order valence-electron chi connectivity index (χ2n) is 5.11. The lowest BCUT2D eigenvalue weighted by molar-refractivity contribution is 0.261. The maximum atomic E-state index is 3.20. The number of rotatable bonds is 12. The predicted molar refractivity (Wildman–Crippen MR) is 77.7 cm³/mol. The topological polar surface area (TPSA) is 18.5 Å². The third kappa shape index (κ3) is 12.1. The van der Waals surface area contributed by atoms with Gasteiger partial charge in [-0.1, -0.05) is 19.8 Å². The molecule has 0 heterocycles. The Morgan fingerprint density at radius 1 is 0.824 bits per heavy atom. The molecule has 3 heteroatoms. The summed E-state index contributed by atoms with van der Waals surface area (Å²) in [6, 6.07) is 0. The van der Waals surface area contributed by atoms with Crippen LogP contribution in [0.3, 0.4) is 0 Å². The number of hydrogen-bond acceptors (Lipinski definition) is 3. The third-order valence-electron chi connectivity index (χ3n) is 3.18. The quantitative estimate of drug-likeness (QED) is 0.529. The van der Waals surface area contributed by atoms with Crippen molar-refractivity contribution in [3.8, 4) is 0 Å². The van der Waals surface area contributed by atoms with Crippen LogP contribution in [-0.4, -0.2) is 63.7 Å². The van der Waals surface area contributed by atoms with Gasteiger partial charge in [-0.3, -0.25) is 0 Å². The van der Waals surface area contributed by atoms with Gasteiger partial charge >= 0.3 is 0 Å². The lowest BCUT2D eigenvalue weighted by Gasteiger charge is -2.21. The smallest absolute Gasteiger partial charge is 0.000667 e.